The smallest absolute Gasteiger partial charge is 0.338 e. The van der Waals surface area contributed by atoms with Gasteiger partial charge in [-0.25, -0.2) is 67.1 Å². The van der Waals surface area contributed by atoms with Gasteiger partial charge in [0.05, 0.1) is 198 Å². The Labute approximate surface area is 837 Å². The summed E-state index contributed by atoms with van der Waals surface area (Å²) in [4.78, 5) is 149. The highest BCUT2D eigenvalue weighted by Gasteiger charge is 2.23. The van der Waals surface area contributed by atoms with Crippen LogP contribution in [0.5, 0.6) is 5.75 Å². The zero-order valence-corrected chi connectivity index (χ0v) is 81.9. The Hall–Kier alpha value is -14.5. The molecule has 728 valence electrons. The molecule has 0 radical (unpaired) electrons. The molecule has 0 fully saturated rings. The van der Waals surface area contributed by atoms with Gasteiger partial charge in [0.25, 0.3) is 17.3 Å². The summed E-state index contributed by atoms with van der Waals surface area (Å²) in [6.07, 6.45) is 0. The van der Waals surface area contributed by atoms with Crippen molar-refractivity contribution in [1.29, 1.82) is 0 Å². The monoisotopic (exact) mass is 2130 g/mol. The van der Waals surface area contributed by atoms with E-state index >= 15 is 0 Å². The van der Waals surface area contributed by atoms with Gasteiger partial charge < -0.3 is 74.4 Å². The minimum Gasteiger partial charge on any atom is -0.483 e. The number of ether oxygens (including phenoxy) is 10. The number of aromatic carboxylic acids is 1. The number of carbonyl (C=O) groups is 10. The highest BCUT2D eigenvalue weighted by Crippen LogP contribution is 2.33. The first-order valence-electron chi connectivity index (χ1n) is 39.7. The number of esters is 7. The number of carboxylic acid groups (broad SMARTS) is 1. The van der Waals surface area contributed by atoms with Crippen LogP contribution in [0.4, 0.5) is 31.5 Å². The normalized spacial score (nSPS) is 10.3. The van der Waals surface area contributed by atoms with Gasteiger partial charge in [-0.1, -0.05) is 123 Å². The molecular weight excluding hydrogens is 2060 g/mol. The molecule has 0 atom stereocenters. The molecular formula is C94H78BrCl4F2N9O26S4. The number of primary amides is 1. The fourth-order valence-corrected chi connectivity index (χ4v) is 15.8. The van der Waals surface area contributed by atoms with Gasteiger partial charge in [-0.3, -0.25) is 29.8 Å². The maximum Gasteiger partial charge on any atom is 0.338 e. The number of hydrogen-bond donors (Lipinski definition) is 5. The predicted octanol–water partition coefficient (Wildman–Crippen LogP) is 20.4. The van der Waals surface area contributed by atoms with Crippen molar-refractivity contribution in [3.63, 3.8) is 0 Å². The fourth-order valence-electron chi connectivity index (χ4n) is 11.3. The Morgan fingerprint density at radius 1 is 0.421 bits per heavy atom. The van der Waals surface area contributed by atoms with Crippen molar-refractivity contribution in [3.8, 4) is 5.75 Å². The minimum absolute atomic E-state index is 0.0114. The largest absolute Gasteiger partial charge is 0.483 e. The molecule has 15 rings (SSSR count). The maximum absolute atomic E-state index is 14.1. The third-order valence-electron chi connectivity index (χ3n) is 18.0. The zero-order chi connectivity index (χ0) is 102. The number of aliphatic hydroxyl groups is 1. The molecule has 11 aromatic carbocycles. The van der Waals surface area contributed by atoms with E-state index in [1.165, 1.54) is 121 Å². The first-order valence-corrected chi connectivity index (χ1v) is 45.6. The second-order valence-electron chi connectivity index (χ2n) is 27.4. The van der Waals surface area contributed by atoms with Crippen LogP contribution in [0, 0.1) is 31.9 Å². The number of benzene rings is 11. The summed E-state index contributed by atoms with van der Waals surface area (Å²) in [5, 5.41) is 45.3. The molecule has 0 unspecified atom stereocenters. The van der Waals surface area contributed by atoms with E-state index in [1.54, 1.807) is 95.5 Å². The SMILES string of the molecule is COC(=O)c1ccc(Cl)c(N)c1.COC(=O)c1ccc(Cl)c(NC(=O)COCc2ccccc2)c1.COC(=O)c1ccc(Cl)c([N+](=O)[O-])c1.COC(=O)c1ccc2sc(CBr)nc2c1.COC(=O)c1ccc2sc(CO)nc2c1.COC(=O)c1ccc2sc(COCc3ccccc3)nc2c1.COC(=O)c1ccc2sc(COc3ccc(F)c(C(N)=O)c3F)nc2c1.O=C(O)c1ccc(Cl)c([N+](=O)[O-])c1. The molecule has 0 aliphatic heterocycles. The summed E-state index contributed by atoms with van der Waals surface area (Å²) in [5.41, 5.74) is 17.2. The van der Waals surface area contributed by atoms with Gasteiger partial charge in [0.2, 0.25) is 5.91 Å². The number of nitro groups is 2. The molecule has 0 saturated carbocycles. The average Bonchev–Trinajstić information content (AvgIpc) is 1.74. The van der Waals surface area contributed by atoms with Crippen molar-refractivity contribution in [2.45, 2.75) is 38.4 Å². The Balaban J connectivity index is 0.000000199. The van der Waals surface area contributed by atoms with E-state index < -0.39 is 68.5 Å². The molecule has 0 spiro atoms. The van der Waals surface area contributed by atoms with E-state index in [9.17, 15) is 77.0 Å². The lowest BCUT2D eigenvalue weighted by atomic mass is 10.2. The topological polar surface area (TPSA) is 505 Å². The molecule has 15 aromatic rings. The van der Waals surface area contributed by atoms with Gasteiger partial charge in [0.15, 0.2) is 11.6 Å². The number of rotatable bonds is 25. The number of nitro benzene ring substituents is 2. The Kier molecular flexibility index (Phi) is 43.6. The quantitative estimate of drug-likeness (QED) is 0.00886. The number of anilines is 2. The second kappa shape index (κ2) is 55.2. The van der Waals surface area contributed by atoms with E-state index in [0.717, 1.165) is 80.6 Å². The lowest BCUT2D eigenvalue weighted by Gasteiger charge is -2.09. The molecule has 140 heavy (non-hydrogen) atoms. The number of aromatic nitrogens is 4. The summed E-state index contributed by atoms with van der Waals surface area (Å²) >= 11 is 31.9. The number of thiazole rings is 4. The average molecular weight is 2140 g/mol. The molecule has 0 aliphatic carbocycles. The van der Waals surface area contributed by atoms with Crippen LogP contribution in [0.3, 0.4) is 0 Å². The van der Waals surface area contributed by atoms with Gasteiger partial charge in [-0.2, -0.15) is 0 Å². The molecule has 35 nitrogen and oxygen atoms in total. The van der Waals surface area contributed by atoms with Crippen LogP contribution in [0.1, 0.15) is 124 Å². The lowest BCUT2D eigenvalue weighted by molar-refractivity contribution is -0.384. The standard InChI is InChI=1S/C17H16ClNO4.C17H12F2N2O4S.C17H15NO3S.C10H8BrNO2S.C10H9NO3S.C8H6ClNO4.C8H8ClNO2.C7H4ClNO4/c1-22-17(21)13-7-8-14(18)15(9-13)19-16(20)11-23-10-12-5-3-2-4-6-12;1-24-17(23)8-2-5-12-10(6-8)21-13(26-12)7-25-11-4-3-9(18)14(15(11)19)16(20)22;1-20-17(19)13-7-8-15-14(9-13)18-16(22-15)11-21-10-12-5-3-2-4-6-12;1-14-10(13)6-2-3-8-7(4-6)12-9(5-11)15-8;1-14-10(13)6-2-3-8-7(4-6)11-9(5-12)15-8;1-14-8(11)5-2-3-6(9)7(4-5)10(12)13;1-12-8(11)5-2-3-6(9)7(10)4-5;8-5-2-1-4(7(10)11)3-6(5)9(12)13/h2-9H,10-11H2,1H3,(H,19,20);2-6H,7H2,1H3,(H2,20,22);2-9H,10-11H2,1H3;2-4H,5H2,1H3;2-4,12H,5H2,1H3;2-4H,1H3;2-4H,10H2,1H3;1-3H,(H,10,11). The van der Waals surface area contributed by atoms with Crippen LogP contribution in [0.25, 0.3) is 40.9 Å². The van der Waals surface area contributed by atoms with Crippen molar-refractivity contribution in [2.75, 3.05) is 67.4 Å². The highest BCUT2D eigenvalue weighted by molar-refractivity contribution is 9.08. The van der Waals surface area contributed by atoms with Crippen LogP contribution in [-0.2, 0) is 85.8 Å². The minimum atomic E-state index is -1.22. The number of nitrogen functional groups attached to an aromatic ring is 1. The van der Waals surface area contributed by atoms with E-state index in [0.29, 0.717) is 95.7 Å². The first-order chi connectivity index (χ1) is 67.0. The van der Waals surface area contributed by atoms with Crippen molar-refractivity contribution in [3.05, 3.63) is 352 Å². The van der Waals surface area contributed by atoms with Crippen LogP contribution in [0.15, 0.2) is 218 Å². The zero-order valence-electron chi connectivity index (χ0n) is 74.0. The summed E-state index contributed by atoms with van der Waals surface area (Å²) in [7, 11) is 9.16. The number of nitrogens with one attached hydrogen (secondary N) is 1. The molecule has 7 N–H and O–H groups in total. The number of amides is 2. The fraction of sp³-hybridized carbons (Fsp3) is 0.149. The number of hydrogen-bond acceptors (Lipinski definition) is 34. The molecule has 4 aromatic heterocycles. The van der Waals surface area contributed by atoms with E-state index in [1.807, 2.05) is 72.8 Å². The van der Waals surface area contributed by atoms with Gasteiger partial charge in [-0.05, 0) is 157 Å². The number of nitrogens with zero attached hydrogens (tertiary/aromatic N) is 6. The van der Waals surface area contributed by atoms with Crippen molar-refractivity contribution in [2.24, 2.45) is 5.73 Å². The van der Waals surface area contributed by atoms with E-state index in [2.05, 4.69) is 69.6 Å². The molecule has 46 heteroatoms. The van der Waals surface area contributed by atoms with E-state index in [-0.39, 0.29) is 76.2 Å². The predicted molar refractivity (Wildman–Crippen MR) is 526 cm³/mol. The molecule has 0 bridgehead atoms. The molecule has 0 saturated heterocycles. The van der Waals surface area contributed by atoms with Crippen LogP contribution >= 0.6 is 108 Å². The maximum atomic E-state index is 14.1. The lowest BCUT2D eigenvalue weighted by Crippen LogP contribution is -2.18. The summed E-state index contributed by atoms with van der Waals surface area (Å²) in [5.74, 6) is -8.42. The Morgan fingerprint density at radius 3 is 1.16 bits per heavy atom. The van der Waals surface area contributed by atoms with E-state index in [4.69, 9.17) is 87.0 Å². The summed E-state index contributed by atoms with van der Waals surface area (Å²) in [6.45, 7) is 1.06. The second-order valence-corrected chi connectivity index (χ2v) is 34.0. The number of methoxy groups -OCH3 is 7. The number of aliphatic hydroxyl groups excluding tert-OH is 1. The number of nitrogens with two attached hydrogens (primary N) is 2. The van der Waals surface area contributed by atoms with Crippen LogP contribution in [0.2, 0.25) is 20.1 Å². The molecule has 0 aliphatic rings. The third-order valence-corrected chi connectivity index (χ3v) is 24.3. The first kappa shape index (κ1) is 111. The number of halogens is 7. The van der Waals surface area contributed by atoms with Gasteiger partial charge in [0.1, 0.15) is 54.7 Å². The van der Waals surface area contributed by atoms with Gasteiger partial charge in [0, 0.05) is 12.1 Å². The third kappa shape index (κ3) is 32.8. The molecule has 2 amide bonds. The molecule has 4 heterocycles. The number of alkyl halides is 1. The number of fused-ring (bicyclic) bond motifs is 4. The van der Waals surface area contributed by atoms with Crippen LogP contribution in [-0.4, -0.2) is 156 Å². The Morgan fingerprint density at radius 2 is 0.764 bits per heavy atom. The van der Waals surface area contributed by atoms with Crippen LogP contribution < -0.4 is 21.5 Å². The van der Waals surface area contributed by atoms with Crippen molar-refractivity contribution < 1.29 is 124 Å². The van der Waals surface area contributed by atoms with Crippen molar-refractivity contribution in [1.82, 2.24) is 19.9 Å². The van der Waals surface area contributed by atoms with Gasteiger partial charge in [-0.15, -0.1) is 45.3 Å². The van der Waals surface area contributed by atoms with Gasteiger partial charge >= 0.3 is 47.8 Å². The summed E-state index contributed by atoms with van der Waals surface area (Å²) in [6, 6.07) is 58.5. The summed E-state index contributed by atoms with van der Waals surface area (Å²) < 4.78 is 80.0. The number of carbonyl (C=O) groups excluding carboxylic acids is 9. The number of carboxylic acids is 1. The highest BCUT2D eigenvalue weighted by atomic mass is 79.9. The Bertz CT molecular complexity index is 6920. The van der Waals surface area contributed by atoms with Crippen molar-refractivity contribution >= 4 is 231 Å².